The van der Waals surface area contributed by atoms with Gasteiger partial charge in [0.05, 0.1) is 0 Å². The monoisotopic (exact) mass is 368 g/mol. The zero-order valence-corrected chi connectivity index (χ0v) is 13.6. The number of nitrogens with two attached hydrogens (primary N) is 1. The van der Waals surface area contributed by atoms with Gasteiger partial charge in [-0.1, -0.05) is 13.8 Å². The van der Waals surface area contributed by atoms with Gasteiger partial charge in [-0.15, -0.1) is 24.0 Å². The van der Waals surface area contributed by atoms with Gasteiger partial charge < -0.3 is 16.4 Å². The minimum absolute atomic E-state index is 0. The van der Waals surface area contributed by atoms with Crippen molar-refractivity contribution in [2.24, 2.45) is 22.6 Å². The molecule has 0 spiro atoms. The van der Waals surface area contributed by atoms with Crippen molar-refractivity contribution in [2.45, 2.75) is 33.1 Å². The third-order valence-corrected chi connectivity index (χ3v) is 2.71. The number of halogens is 1. The Morgan fingerprint density at radius 1 is 1.39 bits per heavy atom. The van der Waals surface area contributed by atoms with Gasteiger partial charge in [-0.2, -0.15) is 0 Å². The summed E-state index contributed by atoms with van der Waals surface area (Å²) in [5.41, 5.74) is 5.64. The molecule has 1 aliphatic rings. The highest BCUT2D eigenvalue weighted by Gasteiger charge is 2.21. The Bertz CT molecular complexity index is 277. The van der Waals surface area contributed by atoms with E-state index in [1.165, 1.54) is 12.8 Å². The first-order valence-electron chi connectivity index (χ1n) is 6.38. The molecule has 1 rings (SSSR count). The number of amides is 1. The third-order valence-electron chi connectivity index (χ3n) is 2.71. The molecule has 0 heterocycles. The highest BCUT2D eigenvalue weighted by atomic mass is 127. The first kappa shape index (κ1) is 17.5. The fourth-order valence-corrected chi connectivity index (χ4v) is 1.34. The molecule has 0 aromatic heterocycles. The molecule has 18 heavy (non-hydrogen) atoms. The Morgan fingerprint density at radius 2 is 2.06 bits per heavy atom. The summed E-state index contributed by atoms with van der Waals surface area (Å²) >= 11 is 0. The molecule has 1 fully saturated rings. The van der Waals surface area contributed by atoms with E-state index in [9.17, 15) is 4.79 Å². The molecule has 1 aliphatic carbocycles. The summed E-state index contributed by atoms with van der Waals surface area (Å²) in [5, 5.41) is 5.84. The average molecular weight is 368 g/mol. The van der Waals surface area contributed by atoms with Crippen LogP contribution < -0.4 is 16.4 Å². The number of nitrogens with one attached hydrogen (secondary N) is 2. The highest BCUT2D eigenvalue weighted by Crippen LogP contribution is 2.27. The van der Waals surface area contributed by atoms with Gasteiger partial charge in [0.25, 0.3) is 0 Å². The number of hydrogen-bond donors (Lipinski definition) is 3. The van der Waals surface area contributed by atoms with Gasteiger partial charge in [0.15, 0.2) is 5.96 Å². The van der Waals surface area contributed by atoms with Crippen LogP contribution in [0.4, 0.5) is 0 Å². The molecule has 0 atom stereocenters. The Kier molecular flexibility index (Phi) is 9.13. The normalized spacial score (nSPS) is 15.2. The second-order valence-electron chi connectivity index (χ2n) is 5.06. The standard InChI is InChI=1S/C12H24N4O.HI/c1-9(2)5-6-14-12(13)16-8-11(17)15-7-10-3-4-10;/h9-10H,3-8H2,1-2H3,(H,15,17)(H3,13,14,16);1H. The van der Waals surface area contributed by atoms with E-state index in [4.69, 9.17) is 5.73 Å². The summed E-state index contributed by atoms with van der Waals surface area (Å²) in [4.78, 5) is 15.4. The summed E-state index contributed by atoms with van der Waals surface area (Å²) in [6.45, 7) is 6.01. The van der Waals surface area contributed by atoms with E-state index in [0.717, 1.165) is 19.5 Å². The van der Waals surface area contributed by atoms with Gasteiger partial charge in [-0.25, -0.2) is 4.99 Å². The minimum atomic E-state index is -0.0505. The van der Waals surface area contributed by atoms with E-state index in [0.29, 0.717) is 17.8 Å². The molecular weight excluding hydrogens is 343 g/mol. The molecule has 0 aromatic rings. The quantitative estimate of drug-likeness (QED) is 0.358. The number of aliphatic imine (C=N–C) groups is 1. The largest absolute Gasteiger partial charge is 0.370 e. The van der Waals surface area contributed by atoms with Gasteiger partial charge in [0.1, 0.15) is 6.54 Å². The lowest BCUT2D eigenvalue weighted by atomic mass is 10.1. The highest BCUT2D eigenvalue weighted by molar-refractivity contribution is 14.0. The van der Waals surface area contributed by atoms with Gasteiger partial charge >= 0.3 is 0 Å². The number of nitrogens with zero attached hydrogens (tertiary/aromatic N) is 1. The molecule has 0 aromatic carbocycles. The molecule has 0 bridgehead atoms. The minimum Gasteiger partial charge on any atom is -0.370 e. The smallest absolute Gasteiger partial charge is 0.241 e. The molecular formula is C12H25IN4O. The van der Waals surface area contributed by atoms with Crippen molar-refractivity contribution < 1.29 is 4.79 Å². The van der Waals surface area contributed by atoms with E-state index in [1.807, 2.05) is 0 Å². The van der Waals surface area contributed by atoms with Crippen LogP contribution in [0.2, 0.25) is 0 Å². The Balaban J connectivity index is 0.00000289. The van der Waals surface area contributed by atoms with Crippen molar-refractivity contribution in [2.75, 3.05) is 19.6 Å². The van der Waals surface area contributed by atoms with Crippen molar-refractivity contribution in [3.05, 3.63) is 0 Å². The van der Waals surface area contributed by atoms with Crippen LogP contribution >= 0.6 is 24.0 Å². The Hall–Kier alpha value is -0.530. The topological polar surface area (TPSA) is 79.5 Å². The second kappa shape index (κ2) is 9.41. The van der Waals surface area contributed by atoms with Gasteiger partial charge in [-0.3, -0.25) is 4.79 Å². The van der Waals surface area contributed by atoms with Gasteiger partial charge in [0, 0.05) is 13.1 Å². The average Bonchev–Trinajstić information content (AvgIpc) is 3.06. The molecule has 0 radical (unpaired) electrons. The van der Waals surface area contributed by atoms with E-state index in [-0.39, 0.29) is 36.4 Å². The van der Waals surface area contributed by atoms with Gasteiger partial charge in [0.2, 0.25) is 5.91 Å². The summed E-state index contributed by atoms with van der Waals surface area (Å²) in [7, 11) is 0. The predicted octanol–water partition coefficient (Wildman–Crippen LogP) is 1.08. The lowest BCUT2D eigenvalue weighted by Crippen LogP contribution is -2.35. The lowest BCUT2D eigenvalue weighted by Gasteiger charge is -2.07. The zero-order chi connectivity index (χ0) is 12.7. The maximum atomic E-state index is 11.4. The first-order chi connectivity index (χ1) is 8.08. The van der Waals surface area contributed by atoms with Crippen molar-refractivity contribution in [1.82, 2.24) is 10.6 Å². The molecule has 0 aliphatic heterocycles. The maximum absolute atomic E-state index is 11.4. The number of carbonyl (C=O) groups is 1. The molecule has 1 saturated carbocycles. The zero-order valence-electron chi connectivity index (χ0n) is 11.2. The fraction of sp³-hybridized carbons (Fsp3) is 0.833. The van der Waals surface area contributed by atoms with Crippen molar-refractivity contribution >= 4 is 35.8 Å². The van der Waals surface area contributed by atoms with Crippen LogP contribution in [0.25, 0.3) is 0 Å². The molecule has 5 nitrogen and oxygen atoms in total. The van der Waals surface area contributed by atoms with Crippen LogP contribution in [0.1, 0.15) is 33.1 Å². The van der Waals surface area contributed by atoms with Crippen LogP contribution in [-0.4, -0.2) is 31.5 Å². The molecule has 4 N–H and O–H groups in total. The van der Waals surface area contributed by atoms with Gasteiger partial charge in [-0.05, 0) is 31.1 Å². The van der Waals surface area contributed by atoms with Crippen LogP contribution in [0, 0.1) is 11.8 Å². The third kappa shape index (κ3) is 9.49. The molecule has 0 unspecified atom stereocenters. The number of guanidine groups is 1. The van der Waals surface area contributed by atoms with Crippen molar-refractivity contribution in [3.63, 3.8) is 0 Å². The van der Waals surface area contributed by atoms with Crippen LogP contribution in [0.15, 0.2) is 4.99 Å². The summed E-state index contributed by atoms with van der Waals surface area (Å²) < 4.78 is 0. The van der Waals surface area contributed by atoms with Crippen molar-refractivity contribution in [3.8, 4) is 0 Å². The van der Waals surface area contributed by atoms with Crippen LogP contribution in [0.5, 0.6) is 0 Å². The molecule has 1 amide bonds. The van der Waals surface area contributed by atoms with Crippen LogP contribution in [0.3, 0.4) is 0 Å². The molecule has 0 saturated heterocycles. The number of rotatable bonds is 7. The Morgan fingerprint density at radius 3 is 2.61 bits per heavy atom. The fourth-order valence-electron chi connectivity index (χ4n) is 1.34. The van der Waals surface area contributed by atoms with E-state index < -0.39 is 0 Å². The summed E-state index contributed by atoms with van der Waals surface area (Å²) in [5.74, 6) is 1.64. The number of carbonyl (C=O) groups excluding carboxylic acids is 1. The molecule has 106 valence electrons. The maximum Gasteiger partial charge on any atom is 0.241 e. The van der Waals surface area contributed by atoms with E-state index in [2.05, 4.69) is 29.5 Å². The summed E-state index contributed by atoms with van der Waals surface area (Å²) in [6, 6.07) is 0. The Labute approximate surface area is 126 Å². The predicted molar refractivity (Wildman–Crippen MR) is 85.1 cm³/mol. The lowest BCUT2D eigenvalue weighted by molar-refractivity contribution is -0.119. The second-order valence-corrected chi connectivity index (χ2v) is 5.06. The first-order valence-corrected chi connectivity index (χ1v) is 6.38. The molecule has 6 heteroatoms. The number of hydrogen-bond acceptors (Lipinski definition) is 2. The van der Waals surface area contributed by atoms with E-state index >= 15 is 0 Å². The SMILES string of the molecule is CC(C)CCNC(N)=NCC(=O)NCC1CC1.I. The van der Waals surface area contributed by atoms with Crippen molar-refractivity contribution in [1.29, 1.82) is 0 Å². The van der Waals surface area contributed by atoms with E-state index in [1.54, 1.807) is 0 Å². The summed E-state index contributed by atoms with van der Waals surface area (Å²) in [6.07, 6.45) is 3.52. The van der Waals surface area contributed by atoms with Crippen LogP contribution in [-0.2, 0) is 4.79 Å².